The zero-order chi connectivity index (χ0) is 16.7. The molecule has 0 unspecified atom stereocenters. The van der Waals surface area contributed by atoms with Crippen LogP contribution in [0, 0.1) is 11.6 Å². The Morgan fingerprint density at radius 3 is 2.96 bits per heavy atom. The van der Waals surface area contributed by atoms with Gasteiger partial charge in [-0.05, 0) is 25.3 Å². The van der Waals surface area contributed by atoms with Gasteiger partial charge in [0.15, 0.2) is 0 Å². The third kappa shape index (κ3) is 5.55. The van der Waals surface area contributed by atoms with Crippen molar-refractivity contribution in [3.63, 3.8) is 0 Å². The van der Waals surface area contributed by atoms with Crippen LogP contribution in [0.15, 0.2) is 18.2 Å². The molecule has 0 aliphatic carbocycles. The lowest BCUT2D eigenvalue weighted by Gasteiger charge is -2.18. The van der Waals surface area contributed by atoms with Crippen LogP contribution < -0.4 is 5.32 Å². The number of ether oxygens (including phenoxy) is 2. The molecule has 23 heavy (non-hydrogen) atoms. The van der Waals surface area contributed by atoms with Crippen molar-refractivity contribution in [2.45, 2.75) is 44.8 Å². The SMILES string of the molecule is CC[C@@H](NC(=O)CCOC[C@@H]1CCCO1)c1ccc(F)cc1F. The summed E-state index contributed by atoms with van der Waals surface area (Å²) in [6.45, 7) is 3.41. The summed E-state index contributed by atoms with van der Waals surface area (Å²) >= 11 is 0. The molecule has 4 nitrogen and oxygen atoms in total. The maximum atomic E-state index is 13.8. The van der Waals surface area contributed by atoms with Crippen molar-refractivity contribution in [1.29, 1.82) is 0 Å². The molecule has 0 spiro atoms. The molecule has 2 rings (SSSR count). The Balaban J connectivity index is 1.75. The first kappa shape index (κ1) is 17.8. The Bertz CT molecular complexity index is 519. The fourth-order valence-electron chi connectivity index (χ4n) is 2.61. The predicted molar refractivity (Wildman–Crippen MR) is 81.9 cm³/mol. The monoisotopic (exact) mass is 327 g/mol. The van der Waals surface area contributed by atoms with Crippen molar-refractivity contribution in [2.75, 3.05) is 19.8 Å². The van der Waals surface area contributed by atoms with E-state index in [9.17, 15) is 13.6 Å². The first-order valence-corrected chi connectivity index (χ1v) is 8.03. The molecule has 1 amide bonds. The molecule has 0 aromatic heterocycles. The number of hydrogen-bond donors (Lipinski definition) is 1. The maximum absolute atomic E-state index is 13.8. The highest BCUT2D eigenvalue weighted by atomic mass is 19.1. The summed E-state index contributed by atoms with van der Waals surface area (Å²) in [5, 5.41) is 2.76. The van der Waals surface area contributed by atoms with Gasteiger partial charge in [-0.2, -0.15) is 0 Å². The van der Waals surface area contributed by atoms with Crippen molar-refractivity contribution >= 4 is 5.91 Å². The van der Waals surface area contributed by atoms with Gasteiger partial charge < -0.3 is 14.8 Å². The van der Waals surface area contributed by atoms with Crippen LogP contribution in [0.3, 0.4) is 0 Å². The lowest BCUT2D eigenvalue weighted by Crippen LogP contribution is -2.29. The van der Waals surface area contributed by atoms with Gasteiger partial charge in [-0.1, -0.05) is 13.0 Å². The summed E-state index contributed by atoms with van der Waals surface area (Å²) in [5.74, 6) is -1.49. The molecule has 0 radical (unpaired) electrons. The van der Waals surface area contributed by atoms with Crippen molar-refractivity contribution in [1.82, 2.24) is 5.32 Å². The van der Waals surface area contributed by atoms with Crippen LogP contribution in [0.25, 0.3) is 0 Å². The van der Waals surface area contributed by atoms with Crippen LogP contribution in [0.4, 0.5) is 8.78 Å². The quantitative estimate of drug-likeness (QED) is 0.746. The van der Waals surface area contributed by atoms with Crippen molar-refractivity contribution in [3.05, 3.63) is 35.4 Å². The molecule has 2 atom stereocenters. The first-order valence-electron chi connectivity index (χ1n) is 8.03. The highest BCUT2D eigenvalue weighted by Crippen LogP contribution is 2.21. The molecule has 6 heteroatoms. The average Bonchev–Trinajstić information content (AvgIpc) is 3.03. The fourth-order valence-corrected chi connectivity index (χ4v) is 2.61. The minimum absolute atomic E-state index is 0.134. The van der Waals surface area contributed by atoms with Crippen LogP contribution in [0.1, 0.15) is 44.2 Å². The molecule has 1 N–H and O–H groups in total. The summed E-state index contributed by atoms with van der Waals surface area (Å²) in [7, 11) is 0. The molecular formula is C17H23F2NO3. The number of hydrogen-bond acceptors (Lipinski definition) is 3. The first-order chi connectivity index (χ1) is 11.1. The highest BCUT2D eigenvalue weighted by molar-refractivity contribution is 5.76. The van der Waals surface area contributed by atoms with Gasteiger partial charge >= 0.3 is 0 Å². The average molecular weight is 327 g/mol. The highest BCUT2D eigenvalue weighted by Gasteiger charge is 2.18. The van der Waals surface area contributed by atoms with E-state index < -0.39 is 17.7 Å². The molecule has 1 aromatic rings. The van der Waals surface area contributed by atoms with Gasteiger partial charge in [0.05, 0.1) is 25.4 Å². The van der Waals surface area contributed by atoms with E-state index in [1.807, 2.05) is 6.92 Å². The molecule has 128 valence electrons. The van der Waals surface area contributed by atoms with E-state index in [1.165, 1.54) is 12.1 Å². The Labute approximate surface area is 135 Å². The summed E-state index contributed by atoms with van der Waals surface area (Å²) < 4.78 is 37.6. The van der Waals surface area contributed by atoms with E-state index in [2.05, 4.69) is 5.32 Å². The number of amides is 1. The van der Waals surface area contributed by atoms with E-state index in [0.717, 1.165) is 25.5 Å². The van der Waals surface area contributed by atoms with Gasteiger partial charge in [0, 0.05) is 24.7 Å². The maximum Gasteiger partial charge on any atom is 0.222 e. The van der Waals surface area contributed by atoms with Gasteiger partial charge in [-0.15, -0.1) is 0 Å². The minimum Gasteiger partial charge on any atom is -0.378 e. The lowest BCUT2D eigenvalue weighted by atomic mass is 10.0. The number of carbonyl (C=O) groups excluding carboxylic acids is 1. The largest absolute Gasteiger partial charge is 0.378 e. The minimum atomic E-state index is -0.646. The van der Waals surface area contributed by atoms with E-state index in [4.69, 9.17) is 9.47 Å². The van der Waals surface area contributed by atoms with E-state index in [-0.39, 0.29) is 18.4 Å². The Morgan fingerprint density at radius 2 is 2.30 bits per heavy atom. The molecule has 0 bridgehead atoms. The second-order valence-electron chi connectivity index (χ2n) is 5.65. The number of halogens is 2. The lowest BCUT2D eigenvalue weighted by molar-refractivity contribution is -0.123. The molecule has 1 aromatic carbocycles. The van der Waals surface area contributed by atoms with Crippen LogP contribution in [0.2, 0.25) is 0 Å². The number of nitrogens with one attached hydrogen (secondary N) is 1. The van der Waals surface area contributed by atoms with Gasteiger partial charge in [0.1, 0.15) is 11.6 Å². The Kier molecular flexibility index (Phi) is 6.92. The van der Waals surface area contributed by atoms with Gasteiger partial charge in [0.25, 0.3) is 0 Å². The van der Waals surface area contributed by atoms with Gasteiger partial charge in [-0.25, -0.2) is 8.78 Å². The molecule has 1 aliphatic heterocycles. The van der Waals surface area contributed by atoms with Crippen molar-refractivity contribution < 1.29 is 23.0 Å². The number of carbonyl (C=O) groups is 1. The second kappa shape index (κ2) is 8.93. The summed E-state index contributed by atoms with van der Waals surface area (Å²) in [4.78, 5) is 11.9. The van der Waals surface area contributed by atoms with Crippen LogP contribution >= 0.6 is 0 Å². The molecular weight excluding hydrogens is 304 g/mol. The summed E-state index contributed by atoms with van der Waals surface area (Å²) in [5.41, 5.74) is 0.294. The van der Waals surface area contributed by atoms with Crippen LogP contribution in [-0.2, 0) is 14.3 Å². The fraction of sp³-hybridized carbons (Fsp3) is 0.588. The van der Waals surface area contributed by atoms with E-state index in [0.29, 0.717) is 25.2 Å². The molecule has 1 saturated heterocycles. The summed E-state index contributed by atoms with van der Waals surface area (Å²) in [6, 6.07) is 2.92. The standard InChI is InChI=1S/C17H23F2NO3/c1-2-16(14-6-5-12(18)10-15(14)19)20-17(21)7-9-22-11-13-4-3-8-23-13/h5-6,10,13,16H,2-4,7-9,11H2,1H3,(H,20,21)/t13-,16+/m0/s1. The van der Waals surface area contributed by atoms with Gasteiger partial charge in [-0.3, -0.25) is 4.79 Å². The third-order valence-electron chi connectivity index (χ3n) is 3.88. The normalized spacial score (nSPS) is 18.8. The zero-order valence-corrected chi connectivity index (χ0v) is 13.3. The van der Waals surface area contributed by atoms with Crippen molar-refractivity contribution in [3.8, 4) is 0 Å². The third-order valence-corrected chi connectivity index (χ3v) is 3.88. The smallest absolute Gasteiger partial charge is 0.222 e. The van der Waals surface area contributed by atoms with E-state index >= 15 is 0 Å². The molecule has 1 aliphatic rings. The zero-order valence-electron chi connectivity index (χ0n) is 13.3. The molecule has 1 heterocycles. The van der Waals surface area contributed by atoms with Crippen LogP contribution in [0.5, 0.6) is 0 Å². The summed E-state index contributed by atoms with van der Waals surface area (Å²) in [6.07, 6.45) is 2.90. The van der Waals surface area contributed by atoms with Crippen LogP contribution in [-0.4, -0.2) is 31.8 Å². The second-order valence-corrected chi connectivity index (χ2v) is 5.65. The Hall–Kier alpha value is -1.53. The number of rotatable bonds is 8. The topological polar surface area (TPSA) is 47.6 Å². The molecule has 1 fully saturated rings. The predicted octanol–water partition coefficient (Wildman–Crippen LogP) is 3.12. The van der Waals surface area contributed by atoms with E-state index in [1.54, 1.807) is 0 Å². The number of benzene rings is 1. The Morgan fingerprint density at radius 1 is 1.48 bits per heavy atom. The molecule has 0 saturated carbocycles. The van der Waals surface area contributed by atoms with Gasteiger partial charge in [0.2, 0.25) is 5.91 Å². The van der Waals surface area contributed by atoms with Crippen molar-refractivity contribution in [2.24, 2.45) is 0 Å².